The number of hydrogen-bond acceptors (Lipinski definition) is 5. The van der Waals surface area contributed by atoms with Crippen LogP contribution < -0.4 is 4.57 Å². The number of fused-ring (bicyclic) bond motifs is 6. The Bertz CT molecular complexity index is 2180. The Kier molecular flexibility index (Phi) is 6.13. The van der Waals surface area contributed by atoms with Crippen LogP contribution in [0.3, 0.4) is 0 Å². The van der Waals surface area contributed by atoms with Gasteiger partial charge in [-0.1, -0.05) is 87.5 Å². The minimum absolute atomic E-state index is 0.103. The summed E-state index contributed by atoms with van der Waals surface area (Å²) in [5.74, 6) is -1.29. The Balaban J connectivity index is 0.000000189. The Labute approximate surface area is 229 Å². The Morgan fingerprint density at radius 1 is 0.900 bits per heavy atom. The van der Waals surface area contributed by atoms with Crippen molar-refractivity contribution in [1.82, 2.24) is 9.61 Å². The van der Waals surface area contributed by atoms with Crippen molar-refractivity contribution in [3.05, 3.63) is 102 Å². The number of nitrogens with zero attached hydrogens (tertiary/aromatic N) is 3. The zero-order chi connectivity index (χ0) is 28.2. The highest BCUT2D eigenvalue weighted by Gasteiger charge is 2.24. The maximum Gasteiger partial charge on any atom is 0.346 e. The zero-order valence-corrected chi connectivity index (χ0v) is 22.6. The van der Waals surface area contributed by atoms with E-state index >= 15 is 0 Å². The molecule has 2 heterocycles. The average molecular weight is 552 g/mol. The van der Waals surface area contributed by atoms with Gasteiger partial charge >= 0.3 is 11.6 Å². The molecule has 2 aromatic heterocycles. The molecule has 9 heteroatoms. The molecule has 1 N–H and O–H groups in total. The number of hydrogen-bond donors (Lipinski definition) is 1. The van der Waals surface area contributed by atoms with Gasteiger partial charge < -0.3 is 9.66 Å². The Morgan fingerprint density at radius 2 is 1.57 bits per heavy atom. The van der Waals surface area contributed by atoms with Crippen LogP contribution in [0.15, 0.2) is 84.9 Å². The number of para-hydroxylation sites is 2. The molecule has 200 valence electrons. The van der Waals surface area contributed by atoms with Gasteiger partial charge in [0.05, 0.1) is 15.9 Å². The molecule has 0 saturated heterocycles. The first-order valence-corrected chi connectivity index (χ1v) is 14.3. The molecule has 40 heavy (non-hydrogen) atoms. The number of aryl methyl sites for hydroxylation is 2. The van der Waals surface area contributed by atoms with Crippen LogP contribution in [0.4, 0.5) is 0 Å². The van der Waals surface area contributed by atoms with Crippen LogP contribution in [0.5, 0.6) is 0 Å². The third-order valence-electron chi connectivity index (χ3n) is 6.99. The van der Waals surface area contributed by atoms with E-state index in [1.54, 1.807) is 12.1 Å². The molecular formula is C31H25N3O5S. The van der Waals surface area contributed by atoms with E-state index in [0.717, 1.165) is 49.5 Å². The van der Waals surface area contributed by atoms with Crippen molar-refractivity contribution in [1.29, 1.82) is 0 Å². The normalized spacial score (nSPS) is 12.0. The molecule has 0 radical (unpaired) electrons. The van der Waals surface area contributed by atoms with Crippen LogP contribution in [0.1, 0.15) is 16.7 Å². The molecule has 0 aliphatic carbocycles. The molecule has 5 aromatic carbocycles. The van der Waals surface area contributed by atoms with E-state index in [-0.39, 0.29) is 6.54 Å². The van der Waals surface area contributed by atoms with Crippen molar-refractivity contribution < 1.29 is 27.4 Å². The van der Waals surface area contributed by atoms with Crippen molar-refractivity contribution in [3.63, 3.8) is 0 Å². The number of benzene rings is 4. The fourth-order valence-corrected chi connectivity index (χ4v) is 6.23. The van der Waals surface area contributed by atoms with Gasteiger partial charge in [-0.3, -0.25) is 0 Å². The maximum absolute atomic E-state index is 11.5. The van der Waals surface area contributed by atoms with E-state index in [0.29, 0.717) is 5.56 Å². The SMILES string of the molecule is Cc1cc(C)cc(CS(=O)(=O)[O-])c1.O=C(O)C[n+]1c2ccccc2n2nc3c(cc21)c1cccc2cccc3c21. The predicted molar refractivity (Wildman–Crippen MR) is 154 cm³/mol. The Hall–Kier alpha value is -4.60. The summed E-state index contributed by atoms with van der Waals surface area (Å²) in [5, 5.41) is 20.1. The molecule has 0 spiro atoms. The molecule has 0 amide bonds. The summed E-state index contributed by atoms with van der Waals surface area (Å²) < 4.78 is 35.1. The number of aromatic nitrogens is 3. The van der Waals surface area contributed by atoms with E-state index in [1.165, 1.54) is 10.8 Å². The first-order valence-electron chi connectivity index (χ1n) is 12.7. The lowest BCUT2D eigenvalue weighted by atomic mass is 10.1. The van der Waals surface area contributed by atoms with Crippen LogP contribution in [-0.2, 0) is 27.2 Å². The highest BCUT2D eigenvalue weighted by Crippen LogP contribution is 2.37. The molecule has 0 saturated carbocycles. The minimum atomic E-state index is -4.16. The second-order valence-electron chi connectivity index (χ2n) is 10.1. The summed E-state index contributed by atoms with van der Waals surface area (Å²) in [6.45, 7) is 3.64. The van der Waals surface area contributed by atoms with Crippen molar-refractivity contribution >= 4 is 65.2 Å². The lowest BCUT2D eigenvalue weighted by Crippen LogP contribution is -2.37. The number of rotatable bonds is 4. The first kappa shape index (κ1) is 25.7. The van der Waals surface area contributed by atoms with Gasteiger partial charge in [0.25, 0.3) is 0 Å². The second kappa shape index (κ2) is 9.55. The quantitative estimate of drug-likeness (QED) is 0.240. The largest absolute Gasteiger partial charge is 0.748 e. The lowest BCUT2D eigenvalue weighted by molar-refractivity contribution is -0.634. The van der Waals surface area contributed by atoms with Gasteiger partial charge in [-0.05, 0) is 47.7 Å². The highest BCUT2D eigenvalue weighted by atomic mass is 32.2. The number of carbonyl (C=O) groups is 1. The lowest BCUT2D eigenvalue weighted by Gasteiger charge is -2.08. The summed E-state index contributed by atoms with van der Waals surface area (Å²) in [5.41, 5.74) is 5.99. The number of carboxylic acids is 1. The van der Waals surface area contributed by atoms with Crippen molar-refractivity contribution in [3.8, 4) is 0 Å². The van der Waals surface area contributed by atoms with Crippen LogP contribution in [-0.4, -0.2) is 33.7 Å². The third-order valence-corrected chi connectivity index (χ3v) is 7.68. The molecule has 0 unspecified atom stereocenters. The number of carboxylic acid groups (broad SMARTS) is 1. The van der Waals surface area contributed by atoms with Crippen LogP contribution in [0.25, 0.3) is 49.1 Å². The van der Waals surface area contributed by atoms with E-state index in [2.05, 4.69) is 42.5 Å². The molecule has 0 aliphatic rings. The molecule has 7 aromatic rings. The average Bonchev–Trinajstić information content (AvgIpc) is 3.36. The van der Waals surface area contributed by atoms with Gasteiger partial charge in [0.2, 0.25) is 5.52 Å². The van der Waals surface area contributed by atoms with Gasteiger partial charge in [-0.15, -0.1) is 0 Å². The van der Waals surface area contributed by atoms with Crippen molar-refractivity contribution in [2.24, 2.45) is 0 Å². The van der Waals surface area contributed by atoms with E-state index < -0.39 is 21.8 Å². The van der Waals surface area contributed by atoms with Crippen LogP contribution in [0.2, 0.25) is 0 Å². The van der Waals surface area contributed by atoms with Gasteiger partial charge in [-0.2, -0.15) is 0 Å². The van der Waals surface area contributed by atoms with Crippen molar-refractivity contribution in [2.75, 3.05) is 0 Å². The van der Waals surface area contributed by atoms with E-state index in [4.69, 9.17) is 5.10 Å². The smallest absolute Gasteiger partial charge is 0.346 e. The molecule has 0 aliphatic heterocycles. The molecule has 8 nitrogen and oxygen atoms in total. The third kappa shape index (κ3) is 4.59. The summed E-state index contributed by atoms with van der Waals surface area (Å²) >= 11 is 0. The fraction of sp³-hybridized carbons (Fsp3) is 0.129. The standard InChI is InChI=1S/C22H13N3O2.C9H12O3S/c26-20(27)12-24-17-9-1-2-10-18(17)25-19(24)11-16-14-7-3-5-13-6-4-8-15(21(13)14)22(16)23-25;1-7-3-8(2)5-9(4-7)6-13(10,11)12/h1-11H,12H2;3-5H,6H2,1-2H3,(H,10,11,12). The topological polar surface area (TPSA) is 116 Å². The fourth-order valence-electron chi connectivity index (χ4n) is 5.65. The Morgan fingerprint density at radius 3 is 2.25 bits per heavy atom. The van der Waals surface area contributed by atoms with Crippen LogP contribution >= 0.6 is 0 Å². The molecule has 0 bridgehead atoms. The summed E-state index contributed by atoms with van der Waals surface area (Å²) in [6, 6.07) is 27.8. The van der Waals surface area contributed by atoms with Gasteiger partial charge in [0.15, 0.2) is 12.1 Å². The number of imidazole rings is 1. The summed E-state index contributed by atoms with van der Waals surface area (Å²) in [7, 11) is -4.16. The molecule has 7 rings (SSSR count). The second-order valence-corrected chi connectivity index (χ2v) is 11.5. The van der Waals surface area contributed by atoms with E-state index in [9.17, 15) is 22.9 Å². The molecular weight excluding hydrogens is 526 g/mol. The van der Waals surface area contributed by atoms with Gasteiger partial charge in [-0.25, -0.2) is 17.8 Å². The summed E-state index contributed by atoms with van der Waals surface area (Å²) in [4.78, 5) is 11.5. The van der Waals surface area contributed by atoms with E-state index in [1.807, 2.05) is 53.3 Å². The van der Waals surface area contributed by atoms with Crippen LogP contribution in [0, 0.1) is 13.8 Å². The summed E-state index contributed by atoms with van der Waals surface area (Å²) in [6.07, 6.45) is 0. The van der Waals surface area contributed by atoms with Gasteiger partial charge in [0.1, 0.15) is 5.52 Å². The van der Waals surface area contributed by atoms with Crippen molar-refractivity contribution in [2.45, 2.75) is 26.1 Å². The highest BCUT2D eigenvalue weighted by molar-refractivity contribution is 7.84. The molecule has 0 atom stereocenters. The maximum atomic E-state index is 11.5. The van der Waals surface area contributed by atoms with Gasteiger partial charge in [0, 0.05) is 16.8 Å². The monoisotopic (exact) mass is 551 g/mol. The molecule has 0 fully saturated rings. The number of aliphatic carboxylic acids is 1. The zero-order valence-electron chi connectivity index (χ0n) is 21.8. The predicted octanol–water partition coefficient (Wildman–Crippen LogP) is 5.11. The first-order chi connectivity index (χ1) is 19.1. The minimum Gasteiger partial charge on any atom is -0.748 e.